The maximum atomic E-state index is 12.1. The van der Waals surface area contributed by atoms with Gasteiger partial charge in [0.2, 0.25) is 11.8 Å². The van der Waals surface area contributed by atoms with E-state index in [2.05, 4.69) is 10.3 Å². The van der Waals surface area contributed by atoms with Crippen LogP contribution in [-0.2, 0) is 22.6 Å². The van der Waals surface area contributed by atoms with Crippen LogP contribution in [0.4, 0.5) is 0 Å². The van der Waals surface area contributed by atoms with Crippen LogP contribution < -0.4 is 5.32 Å². The van der Waals surface area contributed by atoms with E-state index < -0.39 is 0 Å². The van der Waals surface area contributed by atoms with Gasteiger partial charge >= 0.3 is 0 Å². The van der Waals surface area contributed by atoms with Gasteiger partial charge in [0.15, 0.2) is 0 Å². The molecule has 0 bridgehead atoms. The lowest BCUT2D eigenvalue weighted by Crippen LogP contribution is -2.39. The normalized spacial score (nSPS) is 10.4. The minimum absolute atomic E-state index is 0.00141. The van der Waals surface area contributed by atoms with Gasteiger partial charge in [-0.15, -0.1) is 0 Å². The van der Waals surface area contributed by atoms with Crippen molar-refractivity contribution in [2.75, 3.05) is 13.1 Å². The zero-order valence-electron chi connectivity index (χ0n) is 13.8. The van der Waals surface area contributed by atoms with Crippen molar-refractivity contribution >= 4 is 35.0 Å². The van der Waals surface area contributed by atoms with Crippen molar-refractivity contribution in [3.8, 4) is 0 Å². The Kier molecular flexibility index (Phi) is 7.22. The fourth-order valence-electron chi connectivity index (χ4n) is 2.28. The molecule has 0 saturated heterocycles. The summed E-state index contributed by atoms with van der Waals surface area (Å²) < 4.78 is 0. The number of nitrogens with one attached hydrogen (secondary N) is 1. The summed E-state index contributed by atoms with van der Waals surface area (Å²) in [6.45, 7) is 2.22. The van der Waals surface area contributed by atoms with Gasteiger partial charge in [-0.05, 0) is 35.7 Å². The molecule has 0 aliphatic carbocycles. The summed E-state index contributed by atoms with van der Waals surface area (Å²) in [5.74, 6) is -0.385. The second-order valence-corrected chi connectivity index (χ2v) is 6.42. The van der Waals surface area contributed by atoms with Crippen LogP contribution in [0.15, 0.2) is 42.7 Å². The predicted octanol–water partition coefficient (Wildman–Crippen LogP) is 3.10. The third kappa shape index (κ3) is 6.36. The van der Waals surface area contributed by atoms with Crippen molar-refractivity contribution in [1.82, 2.24) is 15.2 Å². The molecule has 0 radical (unpaired) electrons. The Morgan fingerprint density at radius 3 is 2.68 bits per heavy atom. The molecular formula is C18H19Cl2N3O2. The molecule has 0 spiro atoms. The third-order valence-corrected chi connectivity index (χ3v) is 4.19. The van der Waals surface area contributed by atoms with Gasteiger partial charge in [-0.3, -0.25) is 14.6 Å². The molecule has 1 aromatic heterocycles. The molecule has 2 aromatic rings. The molecule has 7 heteroatoms. The molecule has 0 aliphatic rings. The minimum Gasteiger partial charge on any atom is -0.354 e. The highest BCUT2D eigenvalue weighted by Crippen LogP contribution is 2.21. The molecule has 5 nitrogen and oxygen atoms in total. The second kappa shape index (κ2) is 9.39. The molecule has 2 amide bonds. The van der Waals surface area contributed by atoms with Gasteiger partial charge in [0, 0.05) is 42.5 Å². The van der Waals surface area contributed by atoms with Crippen LogP contribution in [0.2, 0.25) is 10.0 Å². The highest BCUT2D eigenvalue weighted by atomic mass is 35.5. The van der Waals surface area contributed by atoms with Crippen molar-refractivity contribution in [1.29, 1.82) is 0 Å². The van der Waals surface area contributed by atoms with Crippen LogP contribution in [-0.4, -0.2) is 34.8 Å². The van der Waals surface area contributed by atoms with E-state index in [0.717, 1.165) is 11.1 Å². The summed E-state index contributed by atoms with van der Waals surface area (Å²) in [6.07, 6.45) is 3.93. The van der Waals surface area contributed by atoms with Gasteiger partial charge in [-0.1, -0.05) is 35.3 Å². The zero-order chi connectivity index (χ0) is 18.2. The molecule has 1 heterocycles. The summed E-state index contributed by atoms with van der Waals surface area (Å²) in [6, 6.07) is 8.93. The first-order valence-electron chi connectivity index (χ1n) is 7.80. The molecule has 1 N–H and O–H groups in total. The van der Waals surface area contributed by atoms with Crippen LogP contribution in [0.1, 0.15) is 18.1 Å². The van der Waals surface area contributed by atoms with Crippen molar-refractivity contribution in [2.24, 2.45) is 0 Å². The highest BCUT2D eigenvalue weighted by molar-refractivity contribution is 6.35. The molecule has 0 aliphatic heterocycles. The highest BCUT2D eigenvalue weighted by Gasteiger charge is 2.14. The van der Waals surface area contributed by atoms with Crippen LogP contribution in [0.5, 0.6) is 0 Å². The molecule has 132 valence electrons. The Morgan fingerprint density at radius 1 is 1.24 bits per heavy atom. The Balaban J connectivity index is 1.83. The standard InChI is InChI=1S/C18H19Cl2N3O2/c1-13(24)23(11-14-3-2-7-21-10-14)12-18(25)22-8-6-15-4-5-16(19)9-17(15)20/h2-5,7,9-10H,6,8,11-12H2,1H3,(H,22,25). The number of benzene rings is 1. The number of carbonyl (C=O) groups excluding carboxylic acids is 2. The Hall–Kier alpha value is -2.11. The van der Waals surface area contributed by atoms with Gasteiger partial charge in [-0.25, -0.2) is 0 Å². The molecule has 0 fully saturated rings. The number of pyridine rings is 1. The van der Waals surface area contributed by atoms with Crippen LogP contribution >= 0.6 is 23.2 Å². The SMILES string of the molecule is CC(=O)N(CC(=O)NCCc1ccc(Cl)cc1Cl)Cc1cccnc1. The van der Waals surface area contributed by atoms with E-state index in [1.165, 1.54) is 11.8 Å². The topological polar surface area (TPSA) is 62.3 Å². The zero-order valence-corrected chi connectivity index (χ0v) is 15.3. The molecule has 1 aromatic carbocycles. The maximum Gasteiger partial charge on any atom is 0.239 e. The van der Waals surface area contributed by atoms with Crippen LogP contribution in [0, 0.1) is 0 Å². The summed E-state index contributed by atoms with van der Waals surface area (Å²) >= 11 is 12.0. The van der Waals surface area contributed by atoms with E-state index in [0.29, 0.717) is 29.6 Å². The Bertz CT molecular complexity index is 738. The summed E-state index contributed by atoms with van der Waals surface area (Å²) in [7, 11) is 0. The Labute approximate surface area is 157 Å². The van der Waals surface area contributed by atoms with E-state index in [1.54, 1.807) is 30.6 Å². The van der Waals surface area contributed by atoms with Crippen molar-refractivity contribution in [2.45, 2.75) is 19.9 Å². The smallest absolute Gasteiger partial charge is 0.239 e. The lowest BCUT2D eigenvalue weighted by molar-refractivity contribution is -0.134. The average Bonchev–Trinajstić information content (AvgIpc) is 2.57. The fourth-order valence-corrected chi connectivity index (χ4v) is 2.78. The maximum absolute atomic E-state index is 12.1. The van der Waals surface area contributed by atoms with Gasteiger partial charge in [-0.2, -0.15) is 0 Å². The fraction of sp³-hybridized carbons (Fsp3) is 0.278. The third-order valence-electron chi connectivity index (χ3n) is 3.61. The van der Waals surface area contributed by atoms with Gasteiger partial charge < -0.3 is 10.2 Å². The molecule has 0 unspecified atom stereocenters. The van der Waals surface area contributed by atoms with E-state index in [-0.39, 0.29) is 18.4 Å². The van der Waals surface area contributed by atoms with Crippen LogP contribution in [0.3, 0.4) is 0 Å². The molecule has 0 saturated carbocycles. The number of rotatable bonds is 7. The van der Waals surface area contributed by atoms with E-state index in [4.69, 9.17) is 23.2 Å². The number of amides is 2. The van der Waals surface area contributed by atoms with Crippen molar-refractivity contribution in [3.63, 3.8) is 0 Å². The van der Waals surface area contributed by atoms with Gasteiger partial charge in [0.1, 0.15) is 0 Å². The number of hydrogen-bond acceptors (Lipinski definition) is 3. The van der Waals surface area contributed by atoms with Crippen LogP contribution in [0.25, 0.3) is 0 Å². The van der Waals surface area contributed by atoms with Gasteiger partial charge in [0.05, 0.1) is 6.54 Å². The number of nitrogens with zero attached hydrogens (tertiary/aromatic N) is 2. The lowest BCUT2D eigenvalue weighted by Gasteiger charge is -2.20. The van der Waals surface area contributed by atoms with Crippen molar-refractivity contribution in [3.05, 3.63) is 63.9 Å². The summed E-state index contributed by atoms with van der Waals surface area (Å²) in [5.41, 5.74) is 1.78. The van der Waals surface area contributed by atoms with E-state index in [1.807, 2.05) is 12.1 Å². The quantitative estimate of drug-likeness (QED) is 0.803. The monoisotopic (exact) mass is 379 g/mol. The summed E-state index contributed by atoms with van der Waals surface area (Å²) in [4.78, 5) is 29.3. The lowest BCUT2D eigenvalue weighted by atomic mass is 10.1. The van der Waals surface area contributed by atoms with E-state index >= 15 is 0 Å². The second-order valence-electron chi connectivity index (χ2n) is 5.57. The largest absolute Gasteiger partial charge is 0.354 e. The first-order chi connectivity index (χ1) is 12.0. The average molecular weight is 380 g/mol. The number of aromatic nitrogens is 1. The van der Waals surface area contributed by atoms with Crippen molar-refractivity contribution < 1.29 is 9.59 Å². The minimum atomic E-state index is -0.218. The molecule has 0 atom stereocenters. The predicted molar refractivity (Wildman–Crippen MR) is 98.5 cm³/mol. The number of carbonyl (C=O) groups is 2. The van der Waals surface area contributed by atoms with E-state index in [9.17, 15) is 9.59 Å². The molecule has 25 heavy (non-hydrogen) atoms. The number of hydrogen-bond donors (Lipinski definition) is 1. The first kappa shape index (κ1) is 19.2. The molecular weight excluding hydrogens is 361 g/mol. The Morgan fingerprint density at radius 2 is 2.04 bits per heavy atom. The first-order valence-corrected chi connectivity index (χ1v) is 8.56. The number of halogens is 2. The summed E-state index contributed by atoms with van der Waals surface area (Å²) in [5, 5.41) is 3.95. The van der Waals surface area contributed by atoms with Gasteiger partial charge in [0.25, 0.3) is 0 Å². The molecule has 2 rings (SSSR count).